The molecular weight excluding hydrogens is 136 g/mol. The normalized spacial score (nSPS) is 13.7. The van der Waals surface area contributed by atoms with Crippen molar-refractivity contribution >= 4 is 11.9 Å². The van der Waals surface area contributed by atoms with Crippen LogP contribution in [0.15, 0.2) is 24.3 Å². The fourth-order valence-electron chi connectivity index (χ4n) is 1.30. The summed E-state index contributed by atoms with van der Waals surface area (Å²) in [6.07, 6.45) is 3.48. The lowest BCUT2D eigenvalue weighted by atomic mass is 10.1. The van der Waals surface area contributed by atoms with E-state index in [1.165, 1.54) is 5.56 Å². The van der Waals surface area contributed by atoms with Crippen LogP contribution in [0.1, 0.15) is 21.5 Å². The van der Waals surface area contributed by atoms with Gasteiger partial charge in [0.2, 0.25) is 0 Å². The summed E-state index contributed by atoms with van der Waals surface area (Å²) in [4.78, 5) is 11.1. The van der Waals surface area contributed by atoms with E-state index in [1.807, 2.05) is 31.2 Å². The van der Waals surface area contributed by atoms with Crippen molar-refractivity contribution in [3.05, 3.63) is 41.0 Å². The van der Waals surface area contributed by atoms with Gasteiger partial charge in [0.25, 0.3) is 0 Å². The number of carbonyl (C=O) groups excluding carboxylic acids is 1. The maximum atomic E-state index is 11.1. The van der Waals surface area contributed by atoms with Crippen molar-refractivity contribution in [2.45, 2.75) is 6.92 Å². The van der Waals surface area contributed by atoms with Crippen LogP contribution in [0.3, 0.4) is 0 Å². The average molecular weight is 144 g/mol. The predicted octanol–water partition coefficient (Wildman–Crippen LogP) is 2.20. The molecular formula is C10H8O. The minimum absolute atomic E-state index is 0.125. The Morgan fingerprint density at radius 2 is 2.00 bits per heavy atom. The van der Waals surface area contributed by atoms with Gasteiger partial charge in [0, 0.05) is 5.56 Å². The number of aryl methyl sites for hydroxylation is 1. The van der Waals surface area contributed by atoms with Gasteiger partial charge in [-0.05, 0) is 18.6 Å². The summed E-state index contributed by atoms with van der Waals surface area (Å²) >= 11 is 0. The zero-order valence-corrected chi connectivity index (χ0v) is 6.29. The molecule has 1 aliphatic rings. The van der Waals surface area contributed by atoms with Crippen LogP contribution < -0.4 is 0 Å². The van der Waals surface area contributed by atoms with E-state index in [2.05, 4.69) is 0 Å². The molecule has 0 bridgehead atoms. The number of benzene rings is 1. The SMILES string of the molecule is Cc1ccc2c(c1)C=CC2=O. The number of carbonyl (C=O) groups is 1. The van der Waals surface area contributed by atoms with Crippen LogP contribution >= 0.6 is 0 Å². The Balaban J connectivity index is 2.66. The quantitative estimate of drug-likeness (QED) is 0.545. The molecule has 11 heavy (non-hydrogen) atoms. The highest BCUT2D eigenvalue weighted by molar-refractivity contribution is 6.13. The number of rotatable bonds is 0. The first-order valence-corrected chi connectivity index (χ1v) is 3.60. The van der Waals surface area contributed by atoms with Gasteiger partial charge in [0.15, 0.2) is 5.78 Å². The summed E-state index contributed by atoms with van der Waals surface area (Å²) in [5.74, 6) is 0.125. The zero-order valence-electron chi connectivity index (χ0n) is 6.29. The summed E-state index contributed by atoms with van der Waals surface area (Å²) in [6, 6.07) is 5.87. The highest BCUT2D eigenvalue weighted by Crippen LogP contribution is 2.19. The molecule has 0 amide bonds. The second-order valence-corrected chi connectivity index (χ2v) is 2.79. The standard InChI is InChI=1S/C10H8O/c1-7-2-4-9-8(6-7)3-5-10(9)11/h2-6H,1H3. The second-order valence-electron chi connectivity index (χ2n) is 2.79. The fourth-order valence-corrected chi connectivity index (χ4v) is 1.30. The van der Waals surface area contributed by atoms with Crippen LogP contribution in [-0.4, -0.2) is 5.78 Å². The van der Waals surface area contributed by atoms with Gasteiger partial charge in [-0.2, -0.15) is 0 Å². The molecule has 54 valence electrons. The van der Waals surface area contributed by atoms with Crippen LogP contribution in [0.25, 0.3) is 6.08 Å². The summed E-state index contributed by atoms with van der Waals surface area (Å²) < 4.78 is 0. The topological polar surface area (TPSA) is 17.1 Å². The Morgan fingerprint density at radius 1 is 1.18 bits per heavy atom. The Hall–Kier alpha value is -1.37. The lowest BCUT2D eigenvalue weighted by molar-refractivity contribution is 0.105. The molecule has 0 saturated carbocycles. The van der Waals surface area contributed by atoms with E-state index in [1.54, 1.807) is 6.08 Å². The van der Waals surface area contributed by atoms with Crippen molar-refractivity contribution in [1.29, 1.82) is 0 Å². The molecule has 0 aromatic heterocycles. The second kappa shape index (κ2) is 2.06. The highest BCUT2D eigenvalue weighted by atomic mass is 16.1. The largest absolute Gasteiger partial charge is 0.289 e. The van der Waals surface area contributed by atoms with E-state index in [9.17, 15) is 4.79 Å². The third-order valence-corrected chi connectivity index (χ3v) is 1.89. The van der Waals surface area contributed by atoms with Crippen molar-refractivity contribution in [3.63, 3.8) is 0 Å². The first-order valence-electron chi connectivity index (χ1n) is 3.60. The molecule has 1 aromatic carbocycles. The smallest absolute Gasteiger partial charge is 0.186 e. The average Bonchev–Trinajstić information content (AvgIpc) is 2.32. The number of hydrogen-bond acceptors (Lipinski definition) is 1. The molecule has 0 unspecified atom stereocenters. The van der Waals surface area contributed by atoms with E-state index < -0.39 is 0 Å². The van der Waals surface area contributed by atoms with Crippen molar-refractivity contribution in [1.82, 2.24) is 0 Å². The maximum Gasteiger partial charge on any atom is 0.186 e. The van der Waals surface area contributed by atoms with Crippen LogP contribution in [0.4, 0.5) is 0 Å². The van der Waals surface area contributed by atoms with Crippen LogP contribution in [-0.2, 0) is 0 Å². The van der Waals surface area contributed by atoms with Crippen molar-refractivity contribution in [2.24, 2.45) is 0 Å². The zero-order chi connectivity index (χ0) is 7.84. The first kappa shape index (κ1) is 6.35. The monoisotopic (exact) mass is 144 g/mol. The van der Waals surface area contributed by atoms with E-state index >= 15 is 0 Å². The lowest BCUT2D eigenvalue weighted by Gasteiger charge is -1.96. The molecule has 0 fully saturated rings. The minimum atomic E-state index is 0.125. The molecule has 1 heteroatoms. The summed E-state index contributed by atoms with van der Waals surface area (Å²) in [5.41, 5.74) is 3.08. The molecule has 1 nitrogen and oxygen atoms in total. The molecule has 1 aliphatic carbocycles. The van der Waals surface area contributed by atoms with Crippen molar-refractivity contribution in [2.75, 3.05) is 0 Å². The van der Waals surface area contributed by atoms with E-state index in [-0.39, 0.29) is 5.78 Å². The number of fused-ring (bicyclic) bond motifs is 1. The van der Waals surface area contributed by atoms with E-state index in [0.717, 1.165) is 11.1 Å². The molecule has 0 heterocycles. The van der Waals surface area contributed by atoms with Crippen molar-refractivity contribution in [3.8, 4) is 0 Å². The number of ketones is 1. The maximum absolute atomic E-state index is 11.1. The molecule has 0 atom stereocenters. The Morgan fingerprint density at radius 3 is 2.82 bits per heavy atom. The summed E-state index contributed by atoms with van der Waals surface area (Å²) in [7, 11) is 0. The molecule has 0 radical (unpaired) electrons. The molecule has 0 N–H and O–H groups in total. The van der Waals surface area contributed by atoms with Gasteiger partial charge in [0.1, 0.15) is 0 Å². The van der Waals surface area contributed by atoms with Gasteiger partial charge in [-0.3, -0.25) is 4.79 Å². The minimum Gasteiger partial charge on any atom is -0.289 e. The summed E-state index contributed by atoms with van der Waals surface area (Å²) in [5, 5.41) is 0. The summed E-state index contributed by atoms with van der Waals surface area (Å²) in [6.45, 7) is 2.02. The Labute approximate surface area is 65.4 Å². The van der Waals surface area contributed by atoms with Gasteiger partial charge in [-0.15, -0.1) is 0 Å². The van der Waals surface area contributed by atoms with Gasteiger partial charge < -0.3 is 0 Å². The molecule has 0 spiro atoms. The Kier molecular flexibility index (Phi) is 1.19. The Bertz CT molecular complexity index is 348. The van der Waals surface area contributed by atoms with Gasteiger partial charge >= 0.3 is 0 Å². The van der Waals surface area contributed by atoms with Gasteiger partial charge in [0.05, 0.1) is 0 Å². The third-order valence-electron chi connectivity index (χ3n) is 1.89. The first-order chi connectivity index (χ1) is 5.27. The van der Waals surface area contributed by atoms with E-state index in [4.69, 9.17) is 0 Å². The van der Waals surface area contributed by atoms with Gasteiger partial charge in [-0.25, -0.2) is 0 Å². The highest BCUT2D eigenvalue weighted by Gasteiger charge is 2.11. The molecule has 0 saturated heterocycles. The third kappa shape index (κ3) is 0.891. The molecule has 0 aliphatic heterocycles. The van der Waals surface area contributed by atoms with Crippen LogP contribution in [0.5, 0.6) is 0 Å². The van der Waals surface area contributed by atoms with E-state index in [0.29, 0.717) is 0 Å². The van der Waals surface area contributed by atoms with Crippen LogP contribution in [0.2, 0.25) is 0 Å². The fraction of sp³-hybridized carbons (Fsp3) is 0.100. The molecule has 1 aromatic rings. The van der Waals surface area contributed by atoms with Gasteiger partial charge in [-0.1, -0.05) is 29.8 Å². The number of hydrogen-bond donors (Lipinski definition) is 0. The lowest BCUT2D eigenvalue weighted by Crippen LogP contribution is -1.90. The van der Waals surface area contributed by atoms with Crippen LogP contribution in [0, 0.1) is 6.92 Å². The predicted molar refractivity (Wildman–Crippen MR) is 44.5 cm³/mol. The van der Waals surface area contributed by atoms with Crippen molar-refractivity contribution < 1.29 is 4.79 Å². The number of allylic oxidation sites excluding steroid dienone is 1. The molecule has 2 rings (SSSR count).